The second-order valence-electron chi connectivity index (χ2n) is 4.30. The van der Waals surface area contributed by atoms with E-state index < -0.39 is 5.92 Å². The summed E-state index contributed by atoms with van der Waals surface area (Å²) in [4.78, 5) is 25.4. The molecular weight excluding hydrogens is 284 g/mol. The Balaban J connectivity index is 2.30. The lowest BCUT2D eigenvalue weighted by atomic mass is 10.1. The van der Waals surface area contributed by atoms with E-state index >= 15 is 0 Å². The van der Waals surface area contributed by atoms with Gasteiger partial charge < -0.3 is 0 Å². The van der Waals surface area contributed by atoms with Crippen LogP contribution in [-0.2, 0) is 9.59 Å². The predicted molar refractivity (Wildman–Crippen MR) is 74.9 cm³/mol. The number of halogens is 1. The molecule has 98 valence electrons. The van der Waals surface area contributed by atoms with Gasteiger partial charge in [-0.05, 0) is 36.4 Å². The largest absolute Gasteiger partial charge is 0.274 e. The molecule has 1 heterocycles. The molecule has 1 aliphatic rings. The van der Waals surface area contributed by atoms with Gasteiger partial charge in [0.2, 0.25) is 11.8 Å². The van der Waals surface area contributed by atoms with Crippen molar-refractivity contribution in [2.75, 3.05) is 10.7 Å². The van der Waals surface area contributed by atoms with Crippen molar-refractivity contribution in [3.05, 3.63) is 28.8 Å². The Bertz CT molecular complexity index is 582. The number of anilines is 1. The van der Waals surface area contributed by atoms with Crippen LogP contribution >= 0.6 is 23.4 Å². The monoisotopic (exact) mass is 294 g/mol. The van der Waals surface area contributed by atoms with E-state index in [2.05, 4.69) is 0 Å². The quantitative estimate of drug-likeness (QED) is 0.635. The fourth-order valence-corrected chi connectivity index (χ4v) is 2.74. The van der Waals surface area contributed by atoms with E-state index in [0.29, 0.717) is 16.5 Å². The van der Waals surface area contributed by atoms with E-state index in [9.17, 15) is 9.59 Å². The molecule has 2 rings (SSSR count). The van der Waals surface area contributed by atoms with Crippen molar-refractivity contribution < 1.29 is 9.59 Å². The van der Waals surface area contributed by atoms with Crippen molar-refractivity contribution in [3.8, 4) is 5.40 Å². The van der Waals surface area contributed by atoms with Gasteiger partial charge in [-0.2, -0.15) is 5.26 Å². The normalized spacial score (nSPS) is 18.8. The summed E-state index contributed by atoms with van der Waals surface area (Å²) >= 11 is 6.91. The second-order valence-corrected chi connectivity index (χ2v) is 5.54. The highest BCUT2D eigenvalue weighted by Gasteiger charge is 2.39. The first-order valence-corrected chi connectivity index (χ1v) is 7.04. The summed E-state index contributed by atoms with van der Waals surface area (Å²) in [5.74, 6) is -0.565. The third kappa shape index (κ3) is 2.75. The van der Waals surface area contributed by atoms with Gasteiger partial charge in [0.15, 0.2) is 0 Å². The number of hydrogen-bond acceptors (Lipinski definition) is 4. The minimum atomic E-state index is -0.421. The molecule has 1 fully saturated rings. The van der Waals surface area contributed by atoms with Crippen molar-refractivity contribution in [1.82, 2.24) is 0 Å². The fraction of sp³-hybridized carbons (Fsp3) is 0.308. The number of nitriles is 1. The molecule has 0 bridgehead atoms. The maximum absolute atomic E-state index is 12.2. The maximum Gasteiger partial charge on any atom is 0.238 e. The summed E-state index contributed by atoms with van der Waals surface area (Å²) in [5.41, 5.74) is 1.35. The molecule has 1 unspecified atom stereocenters. The number of benzene rings is 1. The van der Waals surface area contributed by atoms with Gasteiger partial charge in [-0.3, -0.25) is 9.59 Å². The van der Waals surface area contributed by atoms with Crippen molar-refractivity contribution in [2.45, 2.75) is 13.3 Å². The van der Waals surface area contributed by atoms with Crippen molar-refractivity contribution in [2.24, 2.45) is 5.92 Å². The number of imide groups is 1. The highest BCUT2D eigenvalue weighted by Crippen LogP contribution is 2.32. The van der Waals surface area contributed by atoms with Gasteiger partial charge in [-0.1, -0.05) is 17.7 Å². The first-order valence-electron chi connectivity index (χ1n) is 5.68. The highest BCUT2D eigenvalue weighted by molar-refractivity contribution is 8.03. The number of nitrogens with zero attached hydrogens (tertiary/aromatic N) is 2. The molecular formula is C13H11ClN2O2S. The number of thiocyanates is 1. The average Bonchev–Trinajstić information content (AvgIpc) is 2.65. The van der Waals surface area contributed by atoms with E-state index in [-0.39, 0.29) is 18.2 Å². The molecule has 0 spiro atoms. The molecule has 0 N–H and O–H groups in total. The summed E-state index contributed by atoms with van der Waals surface area (Å²) in [6, 6.07) is 5.11. The molecule has 6 heteroatoms. The summed E-state index contributed by atoms with van der Waals surface area (Å²) in [6.07, 6.45) is 0.152. The second kappa shape index (κ2) is 5.64. The van der Waals surface area contributed by atoms with Crippen LogP contribution in [0.25, 0.3) is 0 Å². The van der Waals surface area contributed by atoms with Crippen LogP contribution in [0.15, 0.2) is 18.2 Å². The molecule has 0 radical (unpaired) electrons. The lowest BCUT2D eigenvalue weighted by molar-refractivity contribution is -0.122. The summed E-state index contributed by atoms with van der Waals surface area (Å²) in [5, 5.41) is 10.9. The van der Waals surface area contributed by atoms with Crippen molar-refractivity contribution in [1.29, 1.82) is 5.26 Å². The number of amides is 2. The first-order chi connectivity index (χ1) is 9.04. The molecule has 1 aliphatic heterocycles. The van der Waals surface area contributed by atoms with Gasteiger partial charge in [0.05, 0.1) is 11.6 Å². The molecule has 0 aliphatic carbocycles. The molecule has 19 heavy (non-hydrogen) atoms. The Morgan fingerprint density at radius 3 is 2.95 bits per heavy atom. The fourth-order valence-electron chi connectivity index (χ4n) is 2.04. The van der Waals surface area contributed by atoms with Gasteiger partial charge in [-0.15, -0.1) is 0 Å². The number of rotatable bonds is 3. The van der Waals surface area contributed by atoms with E-state index in [1.54, 1.807) is 18.2 Å². The minimum absolute atomic E-state index is 0.152. The van der Waals surface area contributed by atoms with Crippen LogP contribution in [0.1, 0.15) is 12.0 Å². The lowest BCUT2D eigenvalue weighted by Gasteiger charge is -2.17. The van der Waals surface area contributed by atoms with E-state index in [0.717, 1.165) is 17.3 Å². The first kappa shape index (κ1) is 13.9. The molecule has 2 amide bonds. The Morgan fingerprint density at radius 2 is 2.26 bits per heavy atom. The molecule has 1 saturated heterocycles. The summed E-state index contributed by atoms with van der Waals surface area (Å²) in [7, 11) is 0. The SMILES string of the molecule is Cc1ccc(Cl)cc1N1C(=O)CC(CSC#N)C1=O. The van der Waals surface area contributed by atoms with Crippen molar-refractivity contribution >= 4 is 40.9 Å². The van der Waals surface area contributed by atoms with Crippen LogP contribution in [0.2, 0.25) is 5.02 Å². The van der Waals surface area contributed by atoms with Crippen LogP contribution in [0.3, 0.4) is 0 Å². The van der Waals surface area contributed by atoms with E-state index in [1.165, 1.54) is 4.90 Å². The zero-order valence-electron chi connectivity index (χ0n) is 10.2. The van der Waals surface area contributed by atoms with Crippen LogP contribution in [0.4, 0.5) is 5.69 Å². The third-order valence-electron chi connectivity index (χ3n) is 3.00. The van der Waals surface area contributed by atoms with Gasteiger partial charge in [0, 0.05) is 17.2 Å². The van der Waals surface area contributed by atoms with Crippen LogP contribution < -0.4 is 4.90 Å². The lowest BCUT2D eigenvalue weighted by Crippen LogP contribution is -2.31. The number of carbonyl (C=O) groups excluding carboxylic acids is 2. The molecule has 1 atom stereocenters. The Kier molecular flexibility index (Phi) is 4.13. The zero-order valence-corrected chi connectivity index (χ0v) is 11.8. The molecule has 0 aromatic heterocycles. The smallest absolute Gasteiger partial charge is 0.238 e. The number of thioether (sulfide) groups is 1. The number of carbonyl (C=O) groups is 2. The maximum atomic E-state index is 12.2. The van der Waals surface area contributed by atoms with Crippen LogP contribution in [0.5, 0.6) is 0 Å². The third-order valence-corrected chi connectivity index (χ3v) is 3.93. The van der Waals surface area contributed by atoms with Crippen molar-refractivity contribution in [3.63, 3.8) is 0 Å². The number of aryl methyl sites for hydroxylation is 1. The standard InChI is InChI=1S/C13H11ClN2O2S/c1-8-2-3-10(14)5-11(8)16-12(17)4-9(13(16)18)6-19-7-15/h2-3,5,9H,4,6H2,1H3. The Hall–Kier alpha value is -1.51. The van der Waals surface area contributed by atoms with E-state index in [4.69, 9.17) is 16.9 Å². The molecule has 1 aromatic carbocycles. The topological polar surface area (TPSA) is 61.2 Å². The van der Waals surface area contributed by atoms with Gasteiger partial charge in [-0.25, -0.2) is 4.90 Å². The zero-order chi connectivity index (χ0) is 14.0. The summed E-state index contributed by atoms with van der Waals surface area (Å²) < 4.78 is 0. The highest BCUT2D eigenvalue weighted by atomic mass is 35.5. The average molecular weight is 295 g/mol. The van der Waals surface area contributed by atoms with Gasteiger partial charge in [0.1, 0.15) is 5.40 Å². The summed E-state index contributed by atoms with van der Waals surface area (Å²) in [6.45, 7) is 1.82. The Morgan fingerprint density at radius 1 is 1.53 bits per heavy atom. The minimum Gasteiger partial charge on any atom is -0.274 e. The van der Waals surface area contributed by atoms with E-state index in [1.807, 2.05) is 12.3 Å². The number of hydrogen-bond donors (Lipinski definition) is 0. The predicted octanol–water partition coefficient (Wildman–Crippen LogP) is 2.74. The van der Waals surface area contributed by atoms with Crippen LogP contribution in [-0.4, -0.2) is 17.6 Å². The Labute approximate surface area is 120 Å². The van der Waals surface area contributed by atoms with Gasteiger partial charge in [0.25, 0.3) is 0 Å². The molecule has 1 aromatic rings. The molecule has 0 saturated carbocycles. The van der Waals surface area contributed by atoms with Crippen LogP contribution in [0, 0.1) is 23.5 Å². The van der Waals surface area contributed by atoms with Gasteiger partial charge >= 0.3 is 0 Å². The molecule has 4 nitrogen and oxygen atoms in total.